The Morgan fingerprint density at radius 1 is 1.13 bits per heavy atom. The molecule has 0 aliphatic carbocycles. The van der Waals surface area contributed by atoms with Crippen molar-refractivity contribution in [2.24, 2.45) is 10.2 Å². The van der Waals surface area contributed by atoms with Crippen molar-refractivity contribution in [2.45, 2.75) is 42.8 Å². The number of rotatable bonds is 10. The van der Waals surface area contributed by atoms with E-state index in [1.165, 1.54) is 12.1 Å². The zero-order chi connectivity index (χ0) is 21.6. The van der Waals surface area contributed by atoms with Gasteiger partial charge in [-0.3, -0.25) is 9.52 Å². The molecular formula is C22H24N4O3S. The average Bonchev–Trinajstić information content (AvgIpc) is 3.51. The highest BCUT2D eigenvalue weighted by Crippen LogP contribution is 2.37. The molecule has 0 radical (unpaired) electrons. The Balaban J connectivity index is 1.57. The SMILES string of the molecule is C#CCCC1(CCC(=O)N(C)Cc2cccc(NS(=O)(=O)c3ccccc3)c2)N=N1. The fourth-order valence-electron chi connectivity index (χ4n) is 3.07. The summed E-state index contributed by atoms with van der Waals surface area (Å²) in [6.07, 6.45) is 7.42. The Morgan fingerprint density at radius 3 is 2.53 bits per heavy atom. The molecule has 2 aromatic carbocycles. The van der Waals surface area contributed by atoms with Crippen molar-refractivity contribution >= 4 is 21.6 Å². The van der Waals surface area contributed by atoms with Crippen molar-refractivity contribution in [2.75, 3.05) is 11.8 Å². The van der Waals surface area contributed by atoms with Gasteiger partial charge in [0.05, 0.1) is 4.90 Å². The molecule has 30 heavy (non-hydrogen) atoms. The first-order valence-corrected chi connectivity index (χ1v) is 11.1. The first kappa shape index (κ1) is 21.5. The molecule has 1 aliphatic heterocycles. The highest BCUT2D eigenvalue weighted by atomic mass is 32.2. The Bertz CT molecular complexity index is 1070. The number of hydrogen-bond donors (Lipinski definition) is 1. The smallest absolute Gasteiger partial charge is 0.261 e. The van der Waals surface area contributed by atoms with Gasteiger partial charge in [-0.2, -0.15) is 10.2 Å². The second kappa shape index (κ2) is 9.09. The van der Waals surface area contributed by atoms with Crippen molar-refractivity contribution in [1.29, 1.82) is 0 Å². The standard InChI is InChI=1S/C22H24N4O3S/c1-3-4-14-22(24-25-22)15-13-21(27)26(2)17-18-9-8-10-19(16-18)23-30(28,29)20-11-6-5-7-12-20/h1,5-12,16,23H,4,13-15,17H2,2H3. The van der Waals surface area contributed by atoms with Crippen LogP contribution >= 0.6 is 0 Å². The van der Waals surface area contributed by atoms with Gasteiger partial charge in [-0.1, -0.05) is 30.3 Å². The van der Waals surface area contributed by atoms with Gasteiger partial charge in [0.2, 0.25) is 5.91 Å². The van der Waals surface area contributed by atoms with E-state index >= 15 is 0 Å². The summed E-state index contributed by atoms with van der Waals surface area (Å²) < 4.78 is 27.6. The molecule has 0 saturated carbocycles. The van der Waals surface area contributed by atoms with Gasteiger partial charge in [0.1, 0.15) is 0 Å². The predicted molar refractivity (Wildman–Crippen MR) is 115 cm³/mol. The summed E-state index contributed by atoms with van der Waals surface area (Å²) in [5, 5.41) is 8.10. The number of benzene rings is 2. The van der Waals surface area contributed by atoms with Crippen LogP contribution in [0.15, 0.2) is 69.7 Å². The van der Waals surface area contributed by atoms with Gasteiger partial charge in [-0.25, -0.2) is 8.42 Å². The number of carbonyl (C=O) groups is 1. The molecule has 3 rings (SSSR count). The molecule has 0 fully saturated rings. The molecule has 1 N–H and O–H groups in total. The lowest BCUT2D eigenvalue weighted by Gasteiger charge is -2.19. The normalized spacial score (nSPS) is 14.0. The maximum Gasteiger partial charge on any atom is 0.261 e. The molecule has 1 aliphatic rings. The van der Waals surface area contributed by atoms with Crippen LogP contribution in [-0.4, -0.2) is 31.9 Å². The molecule has 0 bridgehead atoms. The van der Waals surface area contributed by atoms with Crippen molar-refractivity contribution in [3.63, 3.8) is 0 Å². The second-order valence-corrected chi connectivity index (χ2v) is 8.94. The van der Waals surface area contributed by atoms with Gasteiger partial charge in [0.25, 0.3) is 10.0 Å². The van der Waals surface area contributed by atoms with E-state index in [1.807, 2.05) is 6.07 Å². The minimum atomic E-state index is -3.67. The summed E-state index contributed by atoms with van der Waals surface area (Å²) in [5.74, 6) is 2.55. The van der Waals surface area contributed by atoms with Crippen LogP contribution < -0.4 is 4.72 Å². The highest BCUT2D eigenvalue weighted by Gasteiger charge is 2.39. The number of hydrogen-bond acceptors (Lipinski definition) is 5. The van der Waals surface area contributed by atoms with Crippen LogP contribution in [0.4, 0.5) is 5.69 Å². The van der Waals surface area contributed by atoms with E-state index in [4.69, 9.17) is 6.42 Å². The molecule has 0 spiro atoms. The number of nitrogens with zero attached hydrogens (tertiary/aromatic N) is 3. The van der Waals surface area contributed by atoms with Crippen molar-refractivity contribution in [3.05, 3.63) is 60.2 Å². The van der Waals surface area contributed by atoms with E-state index in [1.54, 1.807) is 48.3 Å². The van der Waals surface area contributed by atoms with Crippen LogP contribution in [0.2, 0.25) is 0 Å². The van der Waals surface area contributed by atoms with Gasteiger partial charge in [-0.05, 0) is 29.8 Å². The maximum absolute atomic E-state index is 12.5. The Kier molecular flexibility index (Phi) is 6.53. The zero-order valence-electron chi connectivity index (χ0n) is 16.8. The van der Waals surface area contributed by atoms with Gasteiger partial charge in [0, 0.05) is 45.0 Å². The predicted octanol–water partition coefficient (Wildman–Crippen LogP) is 3.80. The molecular weight excluding hydrogens is 400 g/mol. The van der Waals surface area contributed by atoms with Crippen LogP contribution in [0.25, 0.3) is 0 Å². The lowest BCUT2D eigenvalue weighted by molar-refractivity contribution is -0.130. The molecule has 0 aromatic heterocycles. The summed E-state index contributed by atoms with van der Waals surface area (Å²) >= 11 is 0. The molecule has 156 valence electrons. The van der Waals surface area contributed by atoms with E-state index < -0.39 is 15.7 Å². The van der Waals surface area contributed by atoms with Crippen LogP contribution in [0, 0.1) is 12.3 Å². The Morgan fingerprint density at radius 2 is 1.87 bits per heavy atom. The fraction of sp³-hybridized carbons (Fsp3) is 0.318. The first-order chi connectivity index (χ1) is 14.3. The molecule has 0 unspecified atom stereocenters. The molecule has 2 aromatic rings. The fourth-order valence-corrected chi connectivity index (χ4v) is 4.15. The van der Waals surface area contributed by atoms with Crippen LogP contribution in [0.1, 0.15) is 31.2 Å². The summed E-state index contributed by atoms with van der Waals surface area (Å²) in [5.41, 5.74) is 0.793. The van der Waals surface area contributed by atoms with Gasteiger partial charge < -0.3 is 4.90 Å². The van der Waals surface area contributed by atoms with Crippen LogP contribution in [-0.2, 0) is 21.4 Å². The van der Waals surface area contributed by atoms with Crippen molar-refractivity contribution < 1.29 is 13.2 Å². The minimum Gasteiger partial charge on any atom is -0.341 e. The average molecular weight is 425 g/mol. The second-order valence-electron chi connectivity index (χ2n) is 7.26. The topological polar surface area (TPSA) is 91.2 Å². The van der Waals surface area contributed by atoms with E-state index in [0.29, 0.717) is 37.9 Å². The minimum absolute atomic E-state index is 0.0253. The van der Waals surface area contributed by atoms with Crippen molar-refractivity contribution in [3.8, 4) is 12.3 Å². The number of terminal acetylenes is 1. The monoisotopic (exact) mass is 424 g/mol. The lowest BCUT2D eigenvalue weighted by Crippen LogP contribution is -2.27. The summed E-state index contributed by atoms with van der Waals surface area (Å²) in [7, 11) is -1.95. The van der Waals surface area contributed by atoms with Crippen molar-refractivity contribution in [1.82, 2.24) is 4.90 Å². The molecule has 0 saturated heterocycles. The number of carbonyl (C=O) groups excluding carboxylic acids is 1. The molecule has 1 amide bonds. The molecule has 7 nitrogen and oxygen atoms in total. The van der Waals surface area contributed by atoms with Gasteiger partial charge >= 0.3 is 0 Å². The number of nitrogens with one attached hydrogen (secondary N) is 1. The molecule has 8 heteroatoms. The Labute approximate surface area is 177 Å². The number of anilines is 1. The van der Waals surface area contributed by atoms with E-state index in [0.717, 1.165) is 5.56 Å². The number of amides is 1. The van der Waals surface area contributed by atoms with Gasteiger partial charge in [-0.15, -0.1) is 12.3 Å². The van der Waals surface area contributed by atoms with E-state index in [2.05, 4.69) is 20.9 Å². The van der Waals surface area contributed by atoms with Crippen LogP contribution in [0.5, 0.6) is 0 Å². The molecule has 0 atom stereocenters. The largest absolute Gasteiger partial charge is 0.341 e. The van der Waals surface area contributed by atoms with Gasteiger partial charge in [0.15, 0.2) is 5.66 Å². The highest BCUT2D eigenvalue weighted by molar-refractivity contribution is 7.92. The van der Waals surface area contributed by atoms with Crippen LogP contribution in [0.3, 0.4) is 0 Å². The summed E-state index contributed by atoms with van der Waals surface area (Å²) in [6.45, 7) is 0.366. The zero-order valence-corrected chi connectivity index (χ0v) is 17.6. The molecule has 1 heterocycles. The third-order valence-corrected chi connectivity index (χ3v) is 6.27. The summed E-state index contributed by atoms with van der Waals surface area (Å²) in [6, 6.07) is 15.2. The van der Waals surface area contributed by atoms with E-state index in [9.17, 15) is 13.2 Å². The Hall–Kier alpha value is -3.18. The quantitative estimate of drug-likeness (QED) is 0.588. The summed E-state index contributed by atoms with van der Waals surface area (Å²) in [4.78, 5) is 14.3. The lowest BCUT2D eigenvalue weighted by atomic mass is 10.0. The third kappa shape index (κ3) is 5.67. The first-order valence-electron chi connectivity index (χ1n) is 9.62. The third-order valence-electron chi connectivity index (χ3n) is 4.87. The van der Waals surface area contributed by atoms with E-state index in [-0.39, 0.29) is 10.8 Å². The number of sulfonamides is 1. The maximum atomic E-state index is 12.5.